The molecule has 0 aromatic heterocycles. The molecule has 0 aliphatic carbocycles. The molecule has 1 saturated heterocycles. The van der Waals surface area contributed by atoms with Crippen molar-refractivity contribution < 1.29 is 9.53 Å². The van der Waals surface area contributed by atoms with Crippen molar-refractivity contribution in [3.63, 3.8) is 0 Å². The first-order valence-corrected chi connectivity index (χ1v) is 9.47. The van der Waals surface area contributed by atoms with Crippen LogP contribution in [-0.2, 0) is 11.3 Å². The molecule has 0 N–H and O–H groups in total. The summed E-state index contributed by atoms with van der Waals surface area (Å²) in [7, 11) is 0. The van der Waals surface area contributed by atoms with Crippen LogP contribution in [0.5, 0.6) is 0 Å². The monoisotopic (exact) mass is 361 g/mol. The fourth-order valence-electron chi connectivity index (χ4n) is 4.47. The third kappa shape index (κ3) is 3.02. The van der Waals surface area contributed by atoms with Crippen LogP contribution in [0.25, 0.3) is 0 Å². The summed E-state index contributed by atoms with van der Waals surface area (Å²) in [6.45, 7) is 3.73. The summed E-state index contributed by atoms with van der Waals surface area (Å²) < 4.78 is 5.59. The maximum absolute atomic E-state index is 12.8. The lowest BCUT2D eigenvalue weighted by Gasteiger charge is -2.43. The molecule has 0 spiro atoms. The summed E-state index contributed by atoms with van der Waals surface area (Å²) in [6.07, 6.45) is 0.511. The molecule has 138 valence electrons. The molecule has 0 bridgehead atoms. The van der Waals surface area contributed by atoms with E-state index in [0.29, 0.717) is 6.54 Å². The van der Waals surface area contributed by atoms with Gasteiger partial charge in [0.05, 0.1) is 12.1 Å². The Hall–Kier alpha value is -3.00. The van der Waals surface area contributed by atoms with Crippen molar-refractivity contribution in [3.05, 3.63) is 65.7 Å². The van der Waals surface area contributed by atoms with Crippen LogP contribution in [0.2, 0.25) is 0 Å². The SMILES string of the molecule is CCN1c2ccccc2[C@@H]2[C@@H](CCN2C(=O)OCc2ccccc2)[C@@H]1C#N. The lowest BCUT2D eigenvalue weighted by atomic mass is 9.82. The number of nitrogens with zero attached hydrogens (tertiary/aromatic N) is 3. The first-order chi connectivity index (χ1) is 13.2. The van der Waals surface area contributed by atoms with E-state index in [1.54, 1.807) is 0 Å². The van der Waals surface area contributed by atoms with Crippen molar-refractivity contribution in [2.45, 2.75) is 32.0 Å². The number of anilines is 1. The van der Waals surface area contributed by atoms with Crippen LogP contribution >= 0.6 is 0 Å². The van der Waals surface area contributed by atoms with E-state index < -0.39 is 0 Å². The Balaban J connectivity index is 1.60. The van der Waals surface area contributed by atoms with Gasteiger partial charge >= 0.3 is 6.09 Å². The third-order valence-corrected chi connectivity index (χ3v) is 5.66. The van der Waals surface area contributed by atoms with Crippen molar-refractivity contribution in [1.29, 1.82) is 5.26 Å². The van der Waals surface area contributed by atoms with Crippen LogP contribution in [-0.4, -0.2) is 30.1 Å². The highest BCUT2D eigenvalue weighted by Crippen LogP contribution is 2.48. The largest absolute Gasteiger partial charge is 0.445 e. The highest BCUT2D eigenvalue weighted by molar-refractivity contribution is 5.71. The van der Waals surface area contributed by atoms with Gasteiger partial charge in [0.15, 0.2) is 0 Å². The third-order valence-electron chi connectivity index (χ3n) is 5.66. The minimum Gasteiger partial charge on any atom is -0.445 e. The van der Waals surface area contributed by atoms with Crippen LogP contribution in [0.4, 0.5) is 10.5 Å². The molecule has 0 radical (unpaired) electrons. The number of carbonyl (C=O) groups excluding carboxylic acids is 1. The molecule has 2 heterocycles. The Morgan fingerprint density at radius 1 is 1.19 bits per heavy atom. The number of rotatable bonds is 3. The fraction of sp³-hybridized carbons (Fsp3) is 0.364. The molecule has 4 rings (SSSR count). The molecule has 2 aliphatic rings. The molecule has 0 saturated carbocycles. The number of hydrogen-bond donors (Lipinski definition) is 0. The number of carbonyl (C=O) groups is 1. The molecule has 1 amide bonds. The minimum absolute atomic E-state index is 0.100. The van der Waals surface area contributed by atoms with Gasteiger partial charge in [-0.2, -0.15) is 5.26 Å². The molecule has 5 heteroatoms. The molecule has 2 aromatic carbocycles. The van der Waals surface area contributed by atoms with Crippen LogP contribution in [0.3, 0.4) is 0 Å². The van der Waals surface area contributed by atoms with E-state index in [1.807, 2.05) is 53.4 Å². The molecule has 1 fully saturated rings. The summed E-state index contributed by atoms with van der Waals surface area (Å²) in [5.41, 5.74) is 3.14. The quantitative estimate of drug-likeness (QED) is 0.825. The normalized spacial score (nSPS) is 23.3. The molecule has 27 heavy (non-hydrogen) atoms. The zero-order valence-corrected chi connectivity index (χ0v) is 15.4. The van der Waals surface area contributed by atoms with Gasteiger partial charge in [0.2, 0.25) is 0 Å². The Kier molecular flexibility index (Phi) is 4.72. The van der Waals surface area contributed by atoms with E-state index >= 15 is 0 Å². The lowest BCUT2D eigenvalue weighted by Crippen LogP contribution is -2.47. The Labute approximate surface area is 159 Å². The molecule has 2 aliphatic heterocycles. The number of nitriles is 1. The molecular weight excluding hydrogens is 338 g/mol. The number of hydrogen-bond acceptors (Lipinski definition) is 4. The summed E-state index contributed by atoms with van der Waals surface area (Å²) >= 11 is 0. The number of amides is 1. The summed E-state index contributed by atoms with van der Waals surface area (Å²) in [5.74, 6) is 0.106. The lowest BCUT2D eigenvalue weighted by molar-refractivity contribution is 0.0866. The molecule has 0 unspecified atom stereocenters. The second kappa shape index (κ2) is 7.32. The maximum atomic E-state index is 12.8. The molecule has 5 nitrogen and oxygen atoms in total. The zero-order chi connectivity index (χ0) is 18.8. The van der Waals surface area contributed by atoms with Gasteiger partial charge in [-0.05, 0) is 30.5 Å². The van der Waals surface area contributed by atoms with E-state index in [2.05, 4.69) is 24.0 Å². The highest BCUT2D eigenvalue weighted by Gasteiger charge is 2.48. The standard InChI is InChI=1S/C22H23N3O2/c1-2-24-19-11-7-6-10-17(19)21-18(20(24)14-23)12-13-25(21)22(26)27-15-16-8-4-3-5-9-16/h3-11,18,20-21H,2,12-13,15H2,1H3/t18-,20-,21+/m0/s1. The predicted molar refractivity (Wildman–Crippen MR) is 103 cm³/mol. The number of fused-ring (bicyclic) bond motifs is 3. The summed E-state index contributed by atoms with van der Waals surface area (Å²) in [6, 6.07) is 20.0. The smallest absolute Gasteiger partial charge is 0.410 e. The topological polar surface area (TPSA) is 56.6 Å². The van der Waals surface area contributed by atoms with Crippen LogP contribution < -0.4 is 4.90 Å². The second-order valence-electron chi connectivity index (χ2n) is 7.05. The van der Waals surface area contributed by atoms with E-state index in [0.717, 1.165) is 29.8 Å². The highest BCUT2D eigenvalue weighted by atomic mass is 16.6. The van der Waals surface area contributed by atoms with E-state index in [-0.39, 0.29) is 30.7 Å². The van der Waals surface area contributed by atoms with Crippen molar-refractivity contribution in [3.8, 4) is 6.07 Å². The van der Waals surface area contributed by atoms with Gasteiger partial charge < -0.3 is 14.5 Å². The van der Waals surface area contributed by atoms with Crippen LogP contribution in [0.15, 0.2) is 54.6 Å². The Morgan fingerprint density at radius 3 is 2.67 bits per heavy atom. The maximum Gasteiger partial charge on any atom is 0.410 e. The van der Waals surface area contributed by atoms with E-state index in [4.69, 9.17) is 4.74 Å². The van der Waals surface area contributed by atoms with Gasteiger partial charge in [0.25, 0.3) is 0 Å². The number of benzene rings is 2. The number of ether oxygens (including phenoxy) is 1. The van der Waals surface area contributed by atoms with Gasteiger partial charge in [-0.15, -0.1) is 0 Å². The first kappa shape index (κ1) is 17.4. The summed E-state index contributed by atoms with van der Waals surface area (Å²) in [4.78, 5) is 16.8. The average molecular weight is 361 g/mol. The minimum atomic E-state index is -0.303. The van der Waals surface area contributed by atoms with Crippen molar-refractivity contribution in [1.82, 2.24) is 4.90 Å². The van der Waals surface area contributed by atoms with Crippen LogP contribution in [0, 0.1) is 17.2 Å². The van der Waals surface area contributed by atoms with Crippen LogP contribution in [0.1, 0.15) is 30.5 Å². The Bertz CT molecular complexity index is 861. The molecule has 3 atom stereocenters. The first-order valence-electron chi connectivity index (χ1n) is 9.47. The number of likely N-dealkylation sites (tertiary alicyclic amines) is 1. The van der Waals surface area contributed by atoms with E-state index in [9.17, 15) is 10.1 Å². The number of para-hydroxylation sites is 1. The predicted octanol–water partition coefficient (Wildman–Crippen LogP) is 4.12. The average Bonchev–Trinajstić information content (AvgIpc) is 3.17. The van der Waals surface area contributed by atoms with Crippen molar-refractivity contribution in [2.24, 2.45) is 5.92 Å². The van der Waals surface area contributed by atoms with Gasteiger partial charge in [0.1, 0.15) is 12.6 Å². The second-order valence-corrected chi connectivity index (χ2v) is 7.05. The van der Waals surface area contributed by atoms with E-state index in [1.165, 1.54) is 0 Å². The molecular formula is C22H23N3O2. The van der Waals surface area contributed by atoms with Gasteiger partial charge in [0, 0.05) is 24.7 Å². The van der Waals surface area contributed by atoms with Gasteiger partial charge in [-0.25, -0.2) is 4.79 Å². The zero-order valence-electron chi connectivity index (χ0n) is 15.4. The fourth-order valence-corrected chi connectivity index (χ4v) is 4.47. The Morgan fingerprint density at radius 2 is 1.93 bits per heavy atom. The van der Waals surface area contributed by atoms with Gasteiger partial charge in [-0.1, -0.05) is 48.5 Å². The molecule has 2 aromatic rings. The van der Waals surface area contributed by atoms with Crippen molar-refractivity contribution in [2.75, 3.05) is 18.0 Å². The summed E-state index contributed by atoms with van der Waals surface area (Å²) in [5, 5.41) is 9.82. The van der Waals surface area contributed by atoms with Gasteiger partial charge in [-0.3, -0.25) is 0 Å². The van der Waals surface area contributed by atoms with Crippen molar-refractivity contribution >= 4 is 11.8 Å².